The highest BCUT2D eigenvalue weighted by Crippen LogP contribution is 2.63. The lowest BCUT2D eigenvalue weighted by Gasteiger charge is -2.47. The summed E-state index contributed by atoms with van der Waals surface area (Å²) >= 11 is 0. The molecule has 5 nitrogen and oxygen atoms in total. The van der Waals surface area contributed by atoms with Crippen molar-refractivity contribution in [2.24, 2.45) is 29.6 Å². The van der Waals surface area contributed by atoms with Crippen molar-refractivity contribution in [1.29, 1.82) is 0 Å². The fourth-order valence-corrected chi connectivity index (χ4v) is 6.81. The Kier molecular flexibility index (Phi) is 7.17. The quantitative estimate of drug-likeness (QED) is 0.581. The van der Waals surface area contributed by atoms with Crippen LogP contribution in [0, 0.1) is 29.6 Å². The van der Waals surface area contributed by atoms with E-state index in [1.54, 1.807) is 7.11 Å². The number of hydrogen-bond acceptors (Lipinski definition) is 5. The third-order valence-electron chi connectivity index (χ3n) is 8.68. The summed E-state index contributed by atoms with van der Waals surface area (Å²) in [6.07, 6.45) is 7.73. The van der Waals surface area contributed by atoms with E-state index in [4.69, 9.17) is 23.7 Å². The maximum atomic E-state index is 6.60. The molecular weight excluding hydrogens is 368 g/mol. The third kappa shape index (κ3) is 3.41. The van der Waals surface area contributed by atoms with Gasteiger partial charge in [-0.1, -0.05) is 32.9 Å². The standard InChI is InChI=1S/C24H42O5/c1-9-10-11-21(26-7)18-12-15(2)23(5)24(29-14-28-23)20(16(18)3)13-19(17(4)25-6)22(24)27-8/h10-11,15-22H,9,12-14H2,1-8H3/b11-10-/t15-,16?,17?,18?,19-,20?,21?,22?,23+,24?/m1/s1. The molecule has 2 saturated carbocycles. The SMILES string of the molecule is CC/C=C\C(OC)C1C[C@@H](C)[C@]2(C)OCOC23C(C[C@H](C(C)OC)C3OC)C1C. The molecule has 0 bridgehead atoms. The highest BCUT2D eigenvalue weighted by atomic mass is 16.7. The van der Waals surface area contributed by atoms with E-state index in [2.05, 4.69) is 46.8 Å². The molecule has 168 valence electrons. The van der Waals surface area contributed by atoms with Gasteiger partial charge >= 0.3 is 0 Å². The zero-order valence-electron chi connectivity index (χ0n) is 19.6. The molecule has 0 aromatic rings. The topological polar surface area (TPSA) is 46.2 Å². The molecule has 7 unspecified atom stereocenters. The number of methoxy groups -OCH3 is 3. The van der Waals surface area contributed by atoms with E-state index in [1.165, 1.54) is 0 Å². The minimum Gasteiger partial charge on any atom is -0.381 e. The molecule has 1 aliphatic heterocycles. The van der Waals surface area contributed by atoms with E-state index in [9.17, 15) is 0 Å². The van der Waals surface area contributed by atoms with Crippen LogP contribution in [0.1, 0.15) is 53.9 Å². The average molecular weight is 411 g/mol. The summed E-state index contributed by atoms with van der Waals surface area (Å²) in [7, 11) is 5.44. The van der Waals surface area contributed by atoms with E-state index >= 15 is 0 Å². The third-order valence-corrected chi connectivity index (χ3v) is 8.68. The second-order valence-electron chi connectivity index (χ2n) is 9.61. The first-order chi connectivity index (χ1) is 13.8. The van der Waals surface area contributed by atoms with Crippen LogP contribution >= 0.6 is 0 Å². The first-order valence-corrected chi connectivity index (χ1v) is 11.3. The Morgan fingerprint density at radius 2 is 1.79 bits per heavy atom. The lowest BCUT2D eigenvalue weighted by atomic mass is 9.68. The van der Waals surface area contributed by atoms with Crippen molar-refractivity contribution in [3.63, 3.8) is 0 Å². The van der Waals surface area contributed by atoms with Crippen LogP contribution in [0.3, 0.4) is 0 Å². The van der Waals surface area contributed by atoms with Crippen LogP contribution in [-0.2, 0) is 23.7 Å². The molecule has 0 amide bonds. The van der Waals surface area contributed by atoms with Crippen LogP contribution in [0.15, 0.2) is 12.2 Å². The minimum absolute atomic E-state index is 0.0502. The number of ether oxygens (including phenoxy) is 5. The van der Waals surface area contributed by atoms with Gasteiger partial charge in [0.2, 0.25) is 0 Å². The maximum absolute atomic E-state index is 6.60. The molecule has 2 aliphatic carbocycles. The second kappa shape index (κ2) is 8.96. The smallest absolute Gasteiger partial charge is 0.148 e. The van der Waals surface area contributed by atoms with Crippen LogP contribution in [-0.4, -0.2) is 57.6 Å². The summed E-state index contributed by atoms with van der Waals surface area (Å²) in [6, 6.07) is 0. The van der Waals surface area contributed by atoms with Gasteiger partial charge in [-0.3, -0.25) is 0 Å². The van der Waals surface area contributed by atoms with Crippen LogP contribution in [0.2, 0.25) is 0 Å². The van der Waals surface area contributed by atoms with Crippen LogP contribution in [0.5, 0.6) is 0 Å². The molecule has 29 heavy (non-hydrogen) atoms. The second-order valence-corrected chi connectivity index (χ2v) is 9.61. The highest BCUT2D eigenvalue weighted by Gasteiger charge is 2.73. The highest BCUT2D eigenvalue weighted by molar-refractivity contribution is 5.22. The Balaban J connectivity index is 2.08. The summed E-state index contributed by atoms with van der Waals surface area (Å²) in [5, 5.41) is 0. The van der Waals surface area contributed by atoms with Crippen molar-refractivity contribution in [2.75, 3.05) is 28.1 Å². The number of hydrogen-bond donors (Lipinski definition) is 0. The summed E-state index contributed by atoms with van der Waals surface area (Å²) in [5.41, 5.74) is -0.851. The molecule has 1 spiro atoms. The molecule has 5 heteroatoms. The summed E-state index contributed by atoms with van der Waals surface area (Å²) in [4.78, 5) is 0. The fraction of sp³-hybridized carbons (Fsp3) is 0.917. The molecule has 1 saturated heterocycles. The number of allylic oxidation sites excluding steroid dienone is 1. The van der Waals surface area contributed by atoms with Gasteiger partial charge in [0.1, 0.15) is 18.0 Å². The van der Waals surface area contributed by atoms with Gasteiger partial charge < -0.3 is 23.7 Å². The van der Waals surface area contributed by atoms with Gasteiger partial charge in [0.15, 0.2) is 0 Å². The molecule has 0 radical (unpaired) electrons. The van der Waals surface area contributed by atoms with E-state index < -0.39 is 11.2 Å². The maximum Gasteiger partial charge on any atom is 0.148 e. The molecule has 0 aromatic carbocycles. The van der Waals surface area contributed by atoms with Crippen molar-refractivity contribution in [2.45, 2.75) is 83.4 Å². The molecule has 0 N–H and O–H groups in total. The Labute approximate surface area is 177 Å². The van der Waals surface area contributed by atoms with E-state index in [-0.39, 0.29) is 24.2 Å². The Hall–Kier alpha value is -0.460. The Morgan fingerprint density at radius 3 is 2.38 bits per heavy atom. The van der Waals surface area contributed by atoms with Gasteiger partial charge in [-0.25, -0.2) is 0 Å². The van der Waals surface area contributed by atoms with Crippen LogP contribution in [0.4, 0.5) is 0 Å². The van der Waals surface area contributed by atoms with Crippen LogP contribution < -0.4 is 0 Å². The van der Waals surface area contributed by atoms with Crippen molar-refractivity contribution >= 4 is 0 Å². The van der Waals surface area contributed by atoms with E-state index in [0.717, 1.165) is 19.3 Å². The van der Waals surface area contributed by atoms with Crippen molar-refractivity contribution in [3.8, 4) is 0 Å². The summed E-state index contributed by atoms with van der Waals surface area (Å²) < 4.78 is 31.0. The lowest BCUT2D eigenvalue weighted by Crippen LogP contribution is -2.63. The van der Waals surface area contributed by atoms with E-state index in [1.807, 2.05) is 14.2 Å². The van der Waals surface area contributed by atoms with E-state index in [0.29, 0.717) is 30.5 Å². The molecule has 1 heterocycles. The minimum atomic E-state index is -0.459. The fourth-order valence-electron chi connectivity index (χ4n) is 6.81. The van der Waals surface area contributed by atoms with Gasteiger partial charge in [0.25, 0.3) is 0 Å². The first-order valence-electron chi connectivity index (χ1n) is 11.3. The van der Waals surface area contributed by atoms with Gasteiger partial charge in [-0.05, 0) is 56.8 Å². The predicted molar refractivity (Wildman–Crippen MR) is 114 cm³/mol. The van der Waals surface area contributed by atoms with Gasteiger partial charge in [0.05, 0.1) is 18.3 Å². The lowest BCUT2D eigenvalue weighted by molar-refractivity contribution is -0.171. The molecule has 3 aliphatic rings. The predicted octanol–water partition coefficient (Wildman–Crippen LogP) is 4.45. The molecule has 3 fully saturated rings. The Bertz CT molecular complexity index is 580. The first kappa shape index (κ1) is 23.2. The largest absolute Gasteiger partial charge is 0.381 e. The average Bonchev–Trinajstić information content (AvgIpc) is 3.23. The molecule has 10 atom stereocenters. The zero-order chi connectivity index (χ0) is 21.4. The zero-order valence-corrected chi connectivity index (χ0v) is 19.6. The summed E-state index contributed by atoms with van der Waals surface area (Å²) in [5.74, 6) is 1.74. The number of rotatable bonds is 7. The van der Waals surface area contributed by atoms with Crippen molar-refractivity contribution in [3.05, 3.63) is 12.2 Å². The van der Waals surface area contributed by atoms with Crippen molar-refractivity contribution in [1.82, 2.24) is 0 Å². The van der Waals surface area contributed by atoms with Gasteiger partial charge in [-0.15, -0.1) is 0 Å². The summed E-state index contributed by atoms with van der Waals surface area (Å²) in [6.45, 7) is 11.6. The normalized spacial score (nSPS) is 47.0. The monoisotopic (exact) mass is 410 g/mol. The molecular formula is C24H42O5. The Morgan fingerprint density at radius 1 is 1.07 bits per heavy atom. The van der Waals surface area contributed by atoms with Gasteiger partial charge in [0, 0.05) is 27.2 Å². The van der Waals surface area contributed by atoms with Crippen molar-refractivity contribution < 1.29 is 23.7 Å². The van der Waals surface area contributed by atoms with Crippen LogP contribution in [0.25, 0.3) is 0 Å². The van der Waals surface area contributed by atoms with Gasteiger partial charge in [-0.2, -0.15) is 0 Å². The molecule has 0 aromatic heterocycles. The molecule has 3 rings (SSSR count).